The van der Waals surface area contributed by atoms with Crippen LogP contribution in [0.15, 0.2) is 48.2 Å². The fraction of sp³-hybridized carbons (Fsp3) is 0.733. The molecule has 0 N–H and O–H groups in total. The van der Waals surface area contributed by atoms with Crippen molar-refractivity contribution in [1.29, 1.82) is 0 Å². The molecule has 178 valence electrons. The SMILES string of the molecule is C1=CC=CC(N(C2CCCCCC2)N(C2CCCCCCC2)C2CCCCCC2)=CC=C1. The Bertz CT molecular complexity index is 634. The average Bonchev–Trinajstić information content (AvgIpc) is 3.18. The van der Waals surface area contributed by atoms with E-state index in [9.17, 15) is 0 Å². The van der Waals surface area contributed by atoms with Crippen molar-refractivity contribution >= 4 is 0 Å². The maximum absolute atomic E-state index is 3.02. The quantitative estimate of drug-likeness (QED) is 0.314. The lowest BCUT2D eigenvalue weighted by atomic mass is 9.93. The fourth-order valence-corrected chi connectivity index (χ4v) is 6.62. The van der Waals surface area contributed by atoms with E-state index in [0.29, 0.717) is 6.04 Å². The summed E-state index contributed by atoms with van der Waals surface area (Å²) < 4.78 is 0. The molecule has 0 bridgehead atoms. The zero-order valence-electron chi connectivity index (χ0n) is 20.6. The van der Waals surface area contributed by atoms with Crippen LogP contribution in [0.3, 0.4) is 0 Å². The molecule has 0 aromatic rings. The summed E-state index contributed by atoms with van der Waals surface area (Å²) in [5, 5.41) is 5.90. The van der Waals surface area contributed by atoms with E-state index < -0.39 is 0 Å². The monoisotopic (exact) mass is 436 g/mol. The summed E-state index contributed by atoms with van der Waals surface area (Å²) in [6, 6.07) is 2.12. The van der Waals surface area contributed by atoms with Crippen molar-refractivity contribution in [2.24, 2.45) is 0 Å². The van der Waals surface area contributed by atoms with Crippen molar-refractivity contribution in [2.45, 2.75) is 140 Å². The molecule has 0 radical (unpaired) electrons. The van der Waals surface area contributed by atoms with Crippen LogP contribution in [0.25, 0.3) is 0 Å². The minimum absolute atomic E-state index is 0.666. The third-order valence-electron chi connectivity index (χ3n) is 8.31. The third-order valence-corrected chi connectivity index (χ3v) is 8.31. The van der Waals surface area contributed by atoms with Crippen LogP contribution < -0.4 is 0 Å². The highest BCUT2D eigenvalue weighted by molar-refractivity contribution is 5.30. The second-order valence-electron chi connectivity index (χ2n) is 10.7. The fourth-order valence-electron chi connectivity index (χ4n) is 6.62. The summed E-state index contributed by atoms with van der Waals surface area (Å²) in [7, 11) is 0. The molecule has 4 aliphatic carbocycles. The van der Waals surface area contributed by atoms with E-state index in [4.69, 9.17) is 0 Å². The van der Waals surface area contributed by atoms with E-state index in [1.54, 1.807) is 0 Å². The number of nitrogens with zero attached hydrogens (tertiary/aromatic N) is 2. The molecule has 4 aliphatic rings. The van der Waals surface area contributed by atoms with Gasteiger partial charge in [-0.25, -0.2) is 5.01 Å². The van der Waals surface area contributed by atoms with Crippen molar-refractivity contribution in [3.05, 3.63) is 48.2 Å². The predicted molar refractivity (Wildman–Crippen MR) is 138 cm³/mol. The van der Waals surface area contributed by atoms with Crippen LogP contribution in [0, 0.1) is 0 Å². The van der Waals surface area contributed by atoms with Crippen molar-refractivity contribution in [1.82, 2.24) is 10.0 Å². The van der Waals surface area contributed by atoms with Gasteiger partial charge in [-0.2, -0.15) is 0 Å². The van der Waals surface area contributed by atoms with Crippen LogP contribution in [-0.4, -0.2) is 28.1 Å². The first-order chi connectivity index (χ1) is 15.9. The highest BCUT2D eigenvalue weighted by atomic mass is 15.7. The smallest absolute Gasteiger partial charge is 0.0525 e. The Labute approximate surface area is 198 Å². The van der Waals surface area contributed by atoms with E-state index >= 15 is 0 Å². The molecular formula is C30H48N2. The lowest BCUT2D eigenvalue weighted by Gasteiger charge is -2.51. The first kappa shape index (κ1) is 23.9. The van der Waals surface area contributed by atoms with Crippen molar-refractivity contribution < 1.29 is 0 Å². The van der Waals surface area contributed by atoms with Gasteiger partial charge < -0.3 is 5.01 Å². The van der Waals surface area contributed by atoms with Gasteiger partial charge >= 0.3 is 0 Å². The molecule has 3 fully saturated rings. The van der Waals surface area contributed by atoms with Gasteiger partial charge in [0, 0.05) is 18.1 Å². The largest absolute Gasteiger partial charge is 0.302 e. The summed E-state index contributed by atoms with van der Waals surface area (Å²) in [5.41, 5.74) is 1.43. The number of hydrogen-bond donors (Lipinski definition) is 0. The van der Waals surface area contributed by atoms with Gasteiger partial charge in [-0.05, 0) is 50.7 Å². The van der Waals surface area contributed by atoms with E-state index in [1.165, 1.54) is 128 Å². The molecule has 0 atom stereocenters. The van der Waals surface area contributed by atoms with Crippen molar-refractivity contribution in [3.8, 4) is 0 Å². The van der Waals surface area contributed by atoms with Crippen LogP contribution in [0.2, 0.25) is 0 Å². The molecule has 3 saturated carbocycles. The standard InChI is InChI=1S/C30H48N2/c1-3-11-19-27(20-12-4-1)31(29-23-15-7-8-16-24-29)32(30-25-17-9-10-18-26-30)28-21-13-5-2-6-14-22-28/h1,3-4,11-12,19-20,28-30H,2,5-10,13-18,21-26H2. The average molecular weight is 437 g/mol. The van der Waals surface area contributed by atoms with Gasteiger partial charge in [0.1, 0.15) is 0 Å². The van der Waals surface area contributed by atoms with E-state index in [1.807, 2.05) is 0 Å². The van der Waals surface area contributed by atoms with E-state index in [0.717, 1.165) is 12.1 Å². The van der Waals surface area contributed by atoms with Gasteiger partial charge in [-0.15, -0.1) is 0 Å². The zero-order valence-corrected chi connectivity index (χ0v) is 20.6. The second-order valence-corrected chi connectivity index (χ2v) is 10.7. The minimum atomic E-state index is 0.666. The normalized spacial score (nSPS) is 25.3. The van der Waals surface area contributed by atoms with Crippen LogP contribution in [0.5, 0.6) is 0 Å². The molecule has 0 unspecified atom stereocenters. The van der Waals surface area contributed by atoms with Gasteiger partial charge in [0.2, 0.25) is 0 Å². The summed E-state index contributed by atoms with van der Waals surface area (Å²) in [4.78, 5) is 0. The molecule has 2 nitrogen and oxygen atoms in total. The Morgan fingerprint density at radius 2 is 0.844 bits per heavy atom. The number of hydrazine groups is 1. The maximum Gasteiger partial charge on any atom is 0.0525 e. The van der Waals surface area contributed by atoms with Crippen molar-refractivity contribution in [3.63, 3.8) is 0 Å². The summed E-state index contributed by atoms with van der Waals surface area (Å²) >= 11 is 0. The Kier molecular flexibility index (Phi) is 10.0. The van der Waals surface area contributed by atoms with Crippen LogP contribution in [0.1, 0.15) is 122 Å². The molecule has 0 aromatic carbocycles. The lowest BCUT2D eigenvalue weighted by molar-refractivity contribution is -0.106. The van der Waals surface area contributed by atoms with Gasteiger partial charge in [-0.3, -0.25) is 0 Å². The van der Waals surface area contributed by atoms with Crippen molar-refractivity contribution in [2.75, 3.05) is 0 Å². The molecule has 0 aliphatic heterocycles. The van der Waals surface area contributed by atoms with Crippen LogP contribution >= 0.6 is 0 Å². The molecule has 0 aromatic heterocycles. The molecule has 0 saturated heterocycles. The molecule has 2 heteroatoms. The van der Waals surface area contributed by atoms with Crippen LogP contribution in [-0.2, 0) is 0 Å². The van der Waals surface area contributed by atoms with Gasteiger partial charge in [0.15, 0.2) is 0 Å². The Morgan fingerprint density at radius 1 is 0.438 bits per heavy atom. The lowest BCUT2D eigenvalue weighted by Crippen LogP contribution is -2.57. The molecule has 0 spiro atoms. The first-order valence-corrected chi connectivity index (χ1v) is 14.2. The molecule has 4 rings (SSSR count). The maximum atomic E-state index is 3.02. The summed E-state index contributed by atoms with van der Waals surface area (Å²) in [5.74, 6) is 0. The van der Waals surface area contributed by atoms with Gasteiger partial charge in [0.25, 0.3) is 0 Å². The summed E-state index contributed by atoms with van der Waals surface area (Å²) in [6.07, 6.45) is 42.7. The number of allylic oxidation sites excluding steroid dienone is 7. The highest BCUT2D eigenvalue weighted by Crippen LogP contribution is 2.36. The second kappa shape index (κ2) is 13.4. The highest BCUT2D eigenvalue weighted by Gasteiger charge is 2.36. The first-order valence-electron chi connectivity index (χ1n) is 14.2. The third kappa shape index (κ3) is 6.86. The minimum Gasteiger partial charge on any atom is -0.302 e. The van der Waals surface area contributed by atoms with Gasteiger partial charge in [0.05, 0.1) is 5.70 Å². The molecule has 32 heavy (non-hydrogen) atoms. The Morgan fingerprint density at radius 3 is 1.38 bits per heavy atom. The van der Waals surface area contributed by atoms with E-state index in [2.05, 4.69) is 52.5 Å². The van der Waals surface area contributed by atoms with E-state index in [-0.39, 0.29) is 0 Å². The zero-order chi connectivity index (χ0) is 21.8. The molecule has 0 amide bonds. The molecular weight excluding hydrogens is 388 g/mol. The number of rotatable bonds is 5. The predicted octanol–water partition coefficient (Wildman–Crippen LogP) is 8.63. The van der Waals surface area contributed by atoms with Gasteiger partial charge in [-0.1, -0.05) is 114 Å². The Hall–Kier alpha value is -1.28. The topological polar surface area (TPSA) is 6.48 Å². The molecule has 0 heterocycles. The Balaban J connectivity index is 1.71. The van der Waals surface area contributed by atoms with Crippen LogP contribution in [0.4, 0.5) is 0 Å². The summed E-state index contributed by atoms with van der Waals surface area (Å²) in [6.45, 7) is 0. The number of hydrogen-bond acceptors (Lipinski definition) is 2.